The average Bonchev–Trinajstić information content (AvgIpc) is 2.02. The van der Waals surface area contributed by atoms with Gasteiger partial charge in [-0.05, 0) is 11.5 Å². The maximum atomic E-state index is 10.8. The molecule has 0 spiro atoms. The second-order valence-corrected chi connectivity index (χ2v) is 4.71. The molecule has 2 N–H and O–H groups in total. The van der Waals surface area contributed by atoms with Gasteiger partial charge >= 0.3 is 5.97 Å². The van der Waals surface area contributed by atoms with Crippen molar-refractivity contribution < 1.29 is 15.0 Å². The molecule has 1 rings (SSSR count). The zero-order valence-electron chi connectivity index (χ0n) is 8.74. The summed E-state index contributed by atoms with van der Waals surface area (Å²) < 4.78 is 0. The molecule has 0 amide bonds. The number of hydrogen-bond acceptors (Lipinski definition) is 2. The lowest BCUT2D eigenvalue weighted by molar-refractivity contribution is -0.153. The van der Waals surface area contributed by atoms with E-state index in [0.717, 1.165) is 5.57 Å². The Labute approximate surface area is 83.8 Å². The molecule has 1 aliphatic rings. The third-order valence-electron chi connectivity index (χ3n) is 2.46. The van der Waals surface area contributed by atoms with Gasteiger partial charge in [-0.15, -0.1) is 0 Å². The van der Waals surface area contributed by atoms with E-state index >= 15 is 0 Å². The van der Waals surface area contributed by atoms with Gasteiger partial charge in [-0.2, -0.15) is 0 Å². The van der Waals surface area contributed by atoms with Crippen LogP contribution in [0.15, 0.2) is 23.8 Å². The van der Waals surface area contributed by atoms with E-state index in [4.69, 9.17) is 5.11 Å². The maximum absolute atomic E-state index is 10.8. The first-order valence-electron chi connectivity index (χ1n) is 4.60. The van der Waals surface area contributed by atoms with Crippen molar-refractivity contribution in [2.24, 2.45) is 5.41 Å². The predicted octanol–water partition coefficient (Wildman–Crippen LogP) is 1.73. The van der Waals surface area contributed by atoms with Gasteiger partial charge in [0.1, 0.15) is 0 Å². The molecule has 0 aromatic rings. The minimum atomic E-state index is -1.72. The second kappa shape index (κ2) is 3.24. The monoisotopic (exact) mass is 196 g/mol. The van der Waals surface area contributed by atoms with Crippen LogP contribution in [0.3, 0.4) is 0 Å². The Kier molecular flexibility index (Phi) is 2.54. The van der Waals surface area contributed by atoms with Crippen LogP contribution in [0.1, 0.15) is 27.2 Å². The number of allylic oxidation sites excluding steroid dienone is 2. The molecule has 1 atom stereocenters. The van der Waals surface area contributed by atoms with Gasteiger partial charge in [0.15, 0.2) is 5.60 Å². The Hall–Kier alpha value is -1.09. The molecule has 0 fully saturated rings. The van der Waals surface area contributed by atoms with Gasteiger partial charge in [-0.3, -0.25) is 0 Å². The summed E-state index contributed by atoms with van der Waals surface area (Å²) in [6.45, 7) is 6.00. The lowest BCUT2D eigenvalue weighted by Crippen LogP contribution is -2.39. The summed E-state index contributed by atoms with van der Waals surface area (Å²) in [5, 5.41) is 18.6. The smallest absolute Gasteiger partial charge is 0.340 e. The molecular weight excluding hydrogens is 180 g/mol. The second-order valence-electron chi connectivity index (χ2n) is 4.71. The first-order valence-corrected chi connectivity index (χ1v) is 4.60. The number of carbonyl (C=O) groups is 1. The molecule has 0 saturated heterocycles. The maximum Gasteiger partial charge on any atom is 0.340 e. The largest absolute Gasteiger partial charge is 0.479 e. The highest BCUT2D eigenvalue weighted by Crippen LogP contribution is 2.35. The van der Waals surface area contributed by atoms with Gasteiger partial charge in [0.25, 0.3) is 0 Å². The van der Waals surface area contributed by atoms with E-state index < -0.39 is 11.6 Å². The summed E-state index contributed by atoms with van der Waals surface area (Å²) in [4.78, 5) is 10.8. The standard InChI is InChI=1S/C11H16O3/c1-10(2,3)8-5-4-6-11(14,7-8)9(12)13/h4-6,14H,7H2,1-3H3,(H,12,13). The van der Waals surface area contributed by atoms with E-state index in [-0.39, 0.29) is 11.8 Å². The summed E-state index contributed by atoms with van der Waals surface area (Å²) in [6, 6.07) is 0. The van der Waals surface area contributed by atoms with Crippen LogP contribution in [0.2, 0.25) is 0 Å². The number of hydrogen-bond donors (Lipinski definition) is 2. The fourth-order valence-electron chi connectivity index (χ4n) is 1.39. The average molecular weight is 196 g/mol. The highest BCUT2D eigenvalue weighted by atomic mass is 16.4. The van der Waals surface area contributed by atoms with Crippen LogP contribution in [-0.4, -0.2) is 21.8 Å². The molecule has 0 aromatic carbocycles. The first kappa shape index (κ1) is 11.0. The molecule has 14 heavy (non-hydrogen) atoms. The summed E-state index contributed by atoms with van der Waals surface area (Å²) >= 11 is 0. The van der Waals surface area contributed by atoms with Gasteiger partial charge in [0.2, 0.25) is 0 Å². The Morgan fingerprint density at radius 3 is 2.50 bits per heavy atom. The van der Waals surface area contributed by atoms with Crippen LogP contribution in [0.5, 0.6) is 0 Å². The van der Waals surface area contributed by atoms with Gasteiger partial charge < -0.3 is 10.2 Å². The van der Waals surface area contributed by atoms with Crippen LogP contribution in [0.25, 0.3) is 0 Å². The van der Waals surface area contributed by atoms with E-state index in [0.29, 0.717) is 0 Å². The van der Waals surface area contributed by atoms with Crippen molar-refractivity contribution in [1.82, 2.24) is 0 Å². The molecule has 78 valence electrons. The SMILES string of the molecule is CC(C)(C)C1=CC=CC(O)(C(=O)O)C1. The molecule has 3 nitrogen and oxygen atoms in total. The van der Waals surface area contributed by atoms with Gasteiger partial charge in [-0.1, -0.05) is 38.5 Å². The van der Waals surface area contributed by atoms with Crippen LogP contribution < -0.4 is 0 Å². The van der Waals surface area contributed by atoms with E-state index in [2.05, 4.69) is 0 Å². The number of carboxylic acids is 1. The van der Waals surface area contributed by atoms with Gasteiger partial charge in [0.05, 0.1) is 0 Å². The van der Waals surface area contributed by atoms with Crippen molar-refractivity contribution in [3.63, 3.8) is 0 Å². The van der Waals surface area contributed by atoms with Crippen molar-refractivity contribution in [3.05, 3.63) is 23.8 Å². The molecule has 3 heteroatoms. The summed E-state index contributed by atoms with van der Waals surface area (Å²) in [5.41, 5.74) is -0.879. The van der Waals surface area contributed by atoms with Crippen LogP contribution in [-0.2, 0) is 4.79 Å². The van der Waals surface area contributed by atoms with Crippen molar-refractivity contribution in [1.29, 1.82) is 0 Å². The van der Waals surface area contributed by atoms with Gasteiger partial charge in [-0.25, -0.2) is 4.79 Å². The molecule has 0 bridgehead atoms. The fourth-order valence-corrected chi connectivity index (χ4v) is 1.39. The van der Waals surface area contributed by atoms with Crippen molar-refractivity contribution >= 4 is 5.97 Å². The number of aliphatic carboxylic acids is 1. The van der Waals surface area contributed by atoms with Crippen molar-refractivity contribution in [2.75, 3.05) is 0 Å². The third-order valence-corrected chi connectivity index (χ3v) is 2.46. The Morgan fingerprint density at radius 1 is 1.50 bits per heavy atom. The normalized spacial score (nSPS) is 27.3. The molecule has 0 saturated carbocycles. The van der Waals surface area contributed by atoms with E-state index in [1.165, 1.54) is 6.08 Å². The third kappa shape index (κ3) is 2.04. The lowest BCUT2D eigenvalue weighted by atomic mass is 9.77. The van der Waals surface area contributed by atoms with Gasteiger partial charge in [0, 0.05) is 6.42 Å². The quantitative estimate of drug-likeness (QED) is 0.671. The number of rotatable bonds is 1. The minimum absolute atomic E-state index is 0.103. The zero-order valence-corrected chi connectivity index (χ0v) is 8.74. The van der Waals surface area contributed by atoms with Crippen LogP contribution in [0, 0.1) is 5.41 Å². The molecule has 0 aliphatic heterocycles. The van der Waals surface area contributed by atoms with E-state index in [1.54, 1.807) is 6.08 Å². The van der Waals surface area contributed by atoms with E-state index in [9.17, 15) is 9.90 Å². The molecular formula is C11H16O3. The van der Waals surface area contributed by atoms with Crippen molar-refractivity contribution in [2.45, 2.75) is 32.8 Å². The number of aliphatic hydroxyl groups is 1. The first-order chi connectivity index (χ1) is 6.26. The predicted molar refractivity (Wildman–Crippen MR) is 53.9 cm³/mol. The fraction of sp³-hybridized carbons (Fsp3) is 0.545. The summed E-state index contributed by atoms with van der Waals surface area (Å²) in [7, 11) is 0. The van der Waals surface area contributed by atoms with Crippen molar-refractivity contribution in [3.8, 4) is 0 Å². The molecule has 0 aromatic heterocycles. The Balaban J connectivity index is 2.95. The molecule has 0 heterocycles. The molecule has 0 radical (unpaired) electrons. The Morgan fingerprint density at radius 2 is 2.07 bits per heavy atom. The zero-order chi connectivity index (χ0) is 11.0. The minimum Gasteiger partial charge on any atom is -0.479 e. The van der Waals surface area contributed by atoms with Crippen LogP contribution >= 0.6 is 0 Å². The molecule has 1 unspecified atom stereocenters. The molecule has 1 aliphatic carbocycles. The highest BCUT2D eigenvalue weighted by molar-refractivity contribution is 5.80. The topological polar surface area (TPSA) is 57.5 Å². The highest BCUT2D eigenvalue weighted by Gasteiger charge is 2.37. The summed E-state index contributed by atoms with van der Waals surface area (Å²) in [6.07, 6.45) is 4.97. The Bertz CT molecular complexity index is 307. The lowest BCUT2D eigenvalue weighted by Gasteiger charge is -2.31. The van der Waals surface area contributed by atoms with Crippen LogP contribution in [0.4, 0.5) is 0 Å². The van der Waals surface area contributed by atoms with E-state index in [1.807, 2.05) is 26.8 Å². The number of carboxylic acid groups (broad SMARTS) is 1. The summed E-state index contributed by atoms with van der Waals surface area (Å²) in [5.74, 6) is -1.19.